The van der Waals surface area contributed by atoms with Gasteiger partial charge in [-0.1, -0.05) is 32.0 Å². The van der Waals surface area contributed by atoms with Gasteiger partial charge in [0.2, 0.25) is 0 Å². The summed E-state index contributed by atoms with van der Waals surface area (Å²) in [6, 6.07) is 13.1. The molecule has 2 nitrogen and oxygen atoms in total. The molecule has 2 aliphatic rings. The van der Waals surface area contributed by atoms with Crippen molar-refractivity contribution in [3.05, 3.63) is 59.2 Å². The van der Waals surface area contributed by atoms with E-state index in [9.17, 15) is 4.39 Å². The molecule has 0 spiro atoms. The molecule has 0 amide bonds. The minimum absolute atomic E-state index is 0. The number of nitrogens with zero attached hydrogens (tertiary/aromatic N) is 1. The van der Waals surface area contributed by atoms with Crippen LogP contribution in [-0.4, -0.2) is 7.05 Å². The molecule has 2 fully saturated rings. The summed E-state index contributed by atoms with van der Waals surface area (Å²) in [5.41, 5.74) is 2.02. The van der Waals surface area contributed by atoms with Crippen molar-refractivity contribution < 1.29 is 60.5 Å². The van der Waals surface area contributed by atoms with Crippen molar-refractivity contribution in [3.63, 3.8) is 0 Å². The predicted octanol–water partition coefficient (Wildman–Crippen LogP) is 4.43. The van der Waals surface area contributed by atoms with Gasteiger partial charge in [-0.15, -0.1) is 12.7 Å². The normalized spacial score (nSPS) is 28.9. The summed E-state index contributed by atoms with van der Waals surface area (Å²) in [7, 11) is 1.65. The van der Waals surface area contributed by atoms with Crippen LogP contribution in [-0.2, 0) is 0 Å². The van der Waals surface area contributed by atoms with E-state index in [2.05, 4.69) is 31.3 Å². The Morgan fingerprint density at radius 3 is 2.39 bits per heavy atom. The predicted molar refractivity (Wildman–Crippen MR) is 108 cm³/mol. The van der Waals surface area contributed by atoms with E-state index in [0.29, 0.717) is 17.4 Å². The van der Waals surface area contributed by atoms with Gasteiger partial charge >= 0.3 is 51.4 Å². The third-order valence-corrected chi connectivity index (χ3v) is 6.57. The molecule has 0 aromatic heterocycles. The van der Waals surface area contributed by atoms with Crippen molar-refractivity contribution in [1.82, 2.24) is 0 Å². The summed E-state index contributed by atoms with van der Waals surface area (Å²) in [5.74, 6) is 4.49. The zero-order valence-corrected chi connectivity index (χ0v) is 20.6. The number of ether oxygens (including phenoxy) is 1. The van der Waals surface area contributed by atoms with E-state index in [1.54, 1.807) is 19.2 Å². The first kappa shape index (κ1) is 22.3. The van der Waals surface area contributed by atoms with Crippen molar-refractivity contribution in [2.24, 2.45) is 23.7 Å². The van der Waals surface area contributed by atoms with Gasteiger partial charge in [-0.05, 0) is 85.1 Å². The second-order valence-corrected chi connectivity index (χ2v) is 8.69. The van der Waals surface area contributed by atoms with Crippen LogP contribution in [0.1, 0.15) is 51.0 Å². The van der Waals surface area contributed by atoms with Gasteiger partial charge in [0.15, 0.2) is 11.6 Å². The number of rotatable bonds is 4. The largest absolute Gasteiger partial charge is 1.00 e. The summed E-state index contributed by atoms with van der Waals surface area (Å²) in [4.78, 5) is 0. The maximum atomic E-state index is 14.1. The monoisotopic (exact) mass is 405 g/mol. The molecule has 2 aliphatic carbocycles. The fourth-order valence-electron chi connectivity index (χ4n) is 5.62. The molecule has 2 bridgehead atoms. The van der Waals surface area contributed by atoms with Crippen molar-refractivity contribution in [2.45, 2.75) is 45.4 Å². The van der Waals surface area contributed by atoms with Crippen LogP contribution >= 0.6 is 0 Å². The van der Waals surface area contributed by atoms with Crippen molar-refractivity contribution >= 4 is 5.69 Å². The molecule has 5 atom stereocenters. The fourth-order valence-corrected chi connectivity index (χ4v) is 5.62. The second-order valence-electron chi connectivity index (χ2n) is 8.69. The zero-order valence-electron chi connectivity index (χ0n) is 17.5. The number of fused-ring (bicyclic) bond motifs is 2. The molecule has 0 saturated heterocycles. The van der Waals surface area contributed by atoms with E-state index >= 15 is 0 Å². The summed E-state index contributed by atoms with van der Waals surface area (Å²) in [5, 5.41) is 3.98. The van der Waals surface area contributed by atoms with E-state index < -0.39 is 0 Å². The Labute approximate surface area is 211 Å². The van der Waals surface area contributed by atoms with Crippen molar-refractivity contribution in [3.8, 4) is 11.5 Å². The molecule has 4 rings (SSSR count). The smallest absolute Gasteiger partial charge is 0.687 e. The topological polar surface area (TPSA) is 23.3 Å². The molecule has 2 aromatic carbocycles. The van der Waals surface area contributed by atoms with Crippen molar-refractivity contribution in [1.29, 1.82) is 0 Å². The van der Waals surface area contributed by atoms with Crippen LogP contribution in [0.3, 0.4) is 0 Å². The van der Waals surface area contributed by atoms with Gasteiger partial charge in [-0.3, -0.25) is 0 Å². The van der Waals surface area contributed by atoms with Gasteiger partial charge < -0.3 is 10.1 Å². The zero-order chi connectivity index (χ0) is 19.0. The first-order chi connectivity index (χ1) is 13.0. The molecular weight excluding hydrogens is 376 g/mol. The standard InChI is InChI=1S/C24H29FNO.K/c1-15-10-17-12-16(2)24(19(11-15)13-17)18-4-7-21(8-5-18)27-23-9-6-20(26-3)14-22(23)25;/h4-9,14-17,19,24H,10-13H2,1-3H3;/q-1;+1. The van der Waals surface area contributed by atoms with E-state index in [4.69, 9.17) is 4.74 Å². The third-order valence-electron chi connectivity index (χ3n) is 6.57. The first-order valence-corrected chi connectivity index (χ1v) is 10.2. The van der Waals surface area contributed by atoms with Crippen LogP contribution in [0.5, 0.6) is 11.5 Å². The molecule has 4 heteroatoms. The summed E-state index contributed by atoms with van der Waals surface area (Å²) in [6.07, 6.45) is 5.50. The van der Waals surface area contributed by atoms with Crippen LogP contribution in [0.4, 0.5) is 10.1 Å². The Balaban J connectivity index is 0.00000225. The summed E-state index contributed by atoms with van der Waals surface area (Å²) >= 11 is 0. The van der Waals surface area contributed by atoms with Crippen LogP contribution in [0.25, 0.3) is 5.32 Å². The van der Waals surface area contributed by atoms with Crippen LogP contribution in [0.2, 0.25) is 0 Å². The molecule has 0 N–H and O–H groups in total. The van der Waals surface area contributed by atoms with E-state index in [1.165, 1.54) is 37.3 Å². The number of hydrogen-bond donors (Lipinski definition) is 0. The first-order valence-electron chi connectivity index (χ1n) is 10.2. The van der Waals surface area contributed by atoms with Gasteiger partial charge in [0, 0.05) is 0 Å². The summed E-state index contributed by atoms with van der Waals surface area (Å²) < 4.78 is 19.9. The molecule has 144 valence electrons. The molecule has 5 unspecified atom stereocenters. The van der Waals surface area contributed by atoms with E-state index in [1.807, 2.05) is 12.1 Å². The Morgan fingerprint density at radius 1 is 0.964 bits per heavy atom. The Kier molecular flexibility index (Phi) is 7.65. The van der Waals surface area contributed by atoms with Gasteiger partial charge in [0.1, 0.15) is 5.75 Å². The minimum Gasteiger partial charge on any atom is -0.687 e. The van der Waals surface area contributed by atoms with Gasteiger partial charge in [-0.2, -0.15) is 0 Å². The molecule has 0 heterocycles. The maximum absolute atomic E-state index is 14.1. The SMILES string of the molecule is C[N-]c1ccc(Oc2ccc(C3C(C)CC4CC(C)CC3C4)cc2)c(F)c1.[K+]. The van der Waals surface area contributed by atoms with Crippen molar-refractivity contribution in [2.75, 3.05) is 7.05 Å². The third kappa shape index (κ3) is 4.84. The van der Waals surface area contributed by atoms with Gasteiger partial charge in [0.25, 0.3) is 0 Å². The Morgan fingerprint density at radius 2 is 1.71 bits per heavy atom. The molecule has 0 radical (unpaired) electrons. The number of halogens is 1. The average molecular weight is 406 g/mol. The van der Waals surface area contributed by atoms with Crippen LogP contribution in [0, 0.1) is 29.5 Å². The van der Waals surface area contributed by atoms with Gasteiger partial charge in [0.05, 0.1) is 0 Å². The van der Waals surface area contributed by atoms with E-state index in [-0.39, 0.29) is 63.0 Å². The number of hydrogen-bond acceptors (Lipinski definition) is 1. The fraction of sp³-hybridized carbons (Fsp3) is 0.500. The minimum atomic E-state index is -0.384. The maximum Gasteiger partial charge on any atom is 1.00 e. The molecule has 2 aromatic rings. The Bertz CT molecular complexity index is 790. The molecular formula is C24H29FKNO. The van der Waals surface area contributed by atoms with Crippen LogP contribution < -0.4 is 56.1 Å². The Hall–Kier alpha value is -0.394. The number of benzene rings is 2. The molecule has 28 heavy (non-hydrogen) atoms. The molecule has 0 aliphatic heterocycles. The average Bonchev–Trinajstić information content (AvgIpc) is 2.64. The summed E-state index contributed by atoms with van der Waals surface area (Å²) in [6.45, 7) is 4.83. The molecule has 2 saturated carbocycles. The van der Waals surface area contributed by atoms with Crippen LogP contribution in [0.15, 0.2) is 42.5 Å². The second kappa shape index (κ2) is 9.61. The van der Waals surface area contributed by atoms with E-state index in [0.717, 1.165) is 23.7 Å². The quantitative estimate of drug-likeness (QED) is 0.690. The van der Waals surface area contributed by atoms with Gasteiger partial charge in [-0.25, -0.2) is 4.39 Å².